The number of aliphatic hydroxyl groups is 1. The van der Waals surface area contributed by atoms with Crippen LogP contribution in [0.2, 0.25) is 0 Å². The highest BCUT2D eigenvalue weighted by Crippen LogP contribution is 2.32. The second-order valence-corrected chi connectivity index (χ2v) is 5.02. The Morgan fingerprint density at radius 3 is 2.38 bits per heavy atom. The van der Waals surface area contributed by atoms with Crippen molar-refractivity contribution in [1.29, 1.82) is 0 Å². The van der Waals surface area contributed by atoms with E-state index in [1.165, 1.54) is 0 Å². The molecule has 1 aliphatic rings. The van der Waals surface area contributed by atoms with Crippen LogP contribution in [0.5, 0.6) is 0 Å². The molecule has 0 aromatic carbocycles. The van der Waals surface area contributed by atoms with Crippen molar-refractivity contribution in [3.8, 4) is 0 Å². The molecule has 1 aliphatic heterocycles. The Balaban J connectivity index is 2.58. The third-order valence-corrected chi connectivity index (χ3v) is 4.25. The molecule has 1 N–H and O–H groups in total. The van der Waals surface area contributed by atoms with Crippen LogP contribution in [0.25, 0.3) is 0 Å². The predicted molar refractivity (Wildman–Crippen MR) is 60.7 cm³/mol. The molecule has 0 aromatic heterocycles. The van der Waals surface area contributed by atoms with E-state index in [2.05, 4.69) is 25.7 Å². The molecule has 2 atom stereocenters. The maximum absolute atomic E-state index is 12.4. The number of hydrogen-bond donors (Lipinski definition) is 1. The number of likely N-dealkylation sites (tertiary alicyclic amines) is 1. The largest absolute Gasteiger partial charge is 0.387 e. The van der Waals surface area contributed by atoms with Gasteiger partial charge in [0.25, 0.3) is 6.43 Å². The highest BCUT2D eigenvalue weighted by Gasteiger charge is 2.39. The van der Waals surface area contributed by atoms with Crippen LogP contribution in [-0.4, -0.2) is 41.2 Å². The second-order valence-electron chi connectivity index (χ2n) is 5.02. The fourth-order valence-electron chi connectivity index (χ4n) is 2.46. The van der Waals surface area contributed by atoms with E-state index in [1.54, 1.807) is 0 Å². The molecule has 0 radical (unpaired) electrons. The van der Waals surface area contributed by atoms with Gasteiger partial charge < -0.3 is 5.11 Å². The zero-order valence-corrected chi connectivity index (χ0v) is 10.4. The SMILES string of the molecule is CCC(C)(CC)N1CCC(C(O)C(F)F)C1. The van der Waals surface area contributed by atoms with Crippen molar-refractivity contribution in [1.82, 2.24) is 4.90 Å². The van der Waals surface area contributed by atoms with Crippen molar-refractivity contribution in [2.24, 2.45) is 5.92 Å². The van der Waals surface area contributed by atoms with E-state index in [0.29, 0.717) is 13.0 Å². The van der Waals surface area contributed by atoms with Crippen LogP contribution in [0.1, 0.15) is 40.0 Å². The van der Waals surface area contributed by atoms with E-state index in [1.807, 2.05) is 0 Å². The minimum atomic E-state index is -2.61. The van der Waals surface area contributed by atoms with Crippen molar-refractivity contribution in [2.45, 2.75) is 58.1 Å². The average Bonchev–Trinajstić information content (AvgIpc) is 2.76. The molecule has 96 valence electrons. The van der Waals surface area contributed by atoms with Crippen LogP contribution < -0.4 is 0 Å². The molecule has 0 saturated carbocycles. The van der Waals surface area contributed by atoms with Crippen LogP contribution in [0.4, 0.5) is 8.78 Å². The number of rotatable bonds is 5. The van der Waals surface area contributed by atoms with Crippen LogP contribution in [0.3, 0.4) is 0 Å². The highest BCUT2D eigenvalue weighted by atomic mass is 19.3. The molecular weight excluding hydrogens is 212 g/mol. The zero-order valence-electron chi connectivity index (χ0n) is 10.4. The van der Waals surface area contributed by atoms with Crippen LogP contribution in [0, 0.1) is 5.92 Å². The van der Waals surface area contributed by atoms with Gasteiger partial charge in [0, 0.05) is 18.0 Å². The first kappa shape index (κ1) is 13.8. The van der Waals surface area contributed by atoms with Gasteiger partial charge in [-0.05, 0) is 32.7 Å². The van der Waals surface area contributed by atoms with Crippen molar-refractivity contribution in [3.05, 3.63) is 0 Å². The number of aliphatic hydroxyl groups excluding tert-OH is 1. The van der Waals surface area contributed by atoms with Gasteiger partial charge in [-0.3, -0.25) is 4.90 Å². The van der Waals surface area contributed by atoms with Gasteiger partial charge in [-0.1, -0.05) is 13.8 Å². The second kappa shape index (κ2) is 5.41. The Kier molecular flexibility index (Phi) is 4.68. The van der Waals surface area contributed by atoms with Crippen LogP contribution >= 0.6 is 0 Å². The van der Waals surface area contributed by atoms with Gasteiger partial charge in [-0.25, -0.2) is 8.78 Å². The van der Waals surface area contributed by atoms with E-state index in [-0.39, 0.29) is 11.5 Å². The quantitative estimate of drug-likeness (QED) is 0.791. The standard InChI is InChI=1S/C12H23F2NO/c1-4-12(3,5-2)15-7-6-9(8-15)10(16)11(13)14/h9-11,16H,4-8H2,1-3H3. The smallest absolute Gasteiger partial charge is 0.264 e. The number of alkyl halides is 2. The van der Waals surface area contributed by atoms with Gasteiger partial charge >= 0.3 is 0 Å². The molecule has 16 heavy (non-hydrogen) atoms. The predicted octanol–water partition coefficient (Wildman–Crippen LogP) is 2.51. The first-order chi connectivity index (χ1) is 7.44. The molecule has 1 heterocycles. The maximum Gasteiger partial charge on any atom is 0.264 e. The van der Waals surface area contributed by atoms with E-state index in [9.17, 15) is 13.9 Å². The van der Waals surface area contributed by atoms with Crippen molar-refractivity contribution in [3.63, 3.8) is 0 Å². The Bertz CT molecular complexity index is 219. The third-order valence-electron chi connectivity index (χ3n) is 4.25. The molecule has 2 unspecified atom stereocenters. The van der Waals surface area contributed by atoms with Crippen molar-refractivity contribution in [2.75, 3.05) is 13.1 Å². The van der Waals surface area contributed by atoms with E-state index in [0.717, 1.165) is 19.4 Å². The Labute approximate surface area is 96.6 Å². The molecule has 0 bridgehead atoms. The molecular formula is C12H23F2NO. The fourth-order valence-corrected chi connectivity index (χ4v) is 2.46. The summed E-state index contributed by atoms with van der Waals surface area (Å²) >= 11 is 0. The molecule has 0 spiro atoms. The summed E-state index contributed by atoms with van der Waals surface area (Å²) in [6.45, 7) is 7.85. The van der Waals surface area contributed by atoms with Gasteiger partial charge in [-0.15, -0.1) is 0 Å². The molecule has 1 rings (SSSR count). The summed E-state index contributed by atoms with van der Waals surface area (Å²) in [4.78, 5) is 2.25. The molecule has 1 saturated heterocycles. The highest BCUT2D eigenvalue weighted by molar-refractivity contribution is 4.91. The summed E-state index contributed by atoms with van der Waals surface area (Å²) in [6.07, 6.45) is -1.36. The van der Waals surface area contributed by atoms with Gasteiger partial charge in [0.1, 0.15) is 6.10 Å². The van der Waals surface area contributed by atoms with Gasteiger partial charge in [0.2, 0.25) is 0 Å². The fraction of sp³-hybridized carbons (Fsp3) is 1.00. The monoisotopic (exact) mass is 235 g/mol. The minimum absolute atomic E-state index is 0.0938. The zero-order chi connectivity index (χ0) is 12.3. The summed E-state index contributed by atoms with van der Waals surface area (Å²) in [5.74, 6) is -0.266. The Morgan fingerprint density at radius 1 is 1.38 bits per heavy atom. The molecule has 4 heteroatoms. The lowest BCUT2D eigenvalue weighted by molar-refractivity contribution is -0.0386. The summed E-state index contributed by atoms with van der Waals surface area (Å²) in [7, 11) is 0. The summed E-state index contributed by atoms with van der Waals surface area (Å²) in [6, 6.07) is 0. The van der Waals surface area contributed by atoms with Crippen LogP contribution in [-0.2, 0) is 0 Å². The molecule has 0 aromatic rings. The molecule has 0 aliphatic carbocycles. The summed E-state index contributed by atoms with van der Waals surface area (Å²) in [5, 5.41) is 9.38. The maximum atomic E-state index is 12.4. The topological polar surface area (TPSA) is 23.5 Å². The van der Waals surface area contributed by atoms with E-state index >= 15 is 0 Å². The van der Waals surface area contributed by atoms with E-state index < -0.39 is 12.5 Å². The van der Waals surface area contributed by atoms with Crippen molar-refractivity contribution < 1.29 is 13.9 Å². The normalized spacial score (nSPS) is 25.3. The molecule has 1 fully saturated rings. The van der Waals surface area contributed by atoms with Gasteiger partial charge in [-0.2, -0.15) is 0 Å². The molecule has 0 amide bonds. The summed E-state index contributed by atoms with van der Waals surface area (Å²) in [5.41, 5.74) is 0.0938. The number of halogens is 2. The Hall–Kier alpha value is -0.220. The minimum Gasteiger partial charge on any atom is -0.387 e. The number of hydrogen-bond acceptors (Lipinski definition) is 2. The average molecular weight is 235 g/mol. The first-order valence-electron chi connectivity index (χ1n) is 6.16. The molecule has 2 nitrogen and oxygen atoms in total. The number of nitrogens with zero attached hydrogens (tertiary/aromatic N) is 1. The summed E-state index contributed by atoms with van der Waals surface area (Å²) < 4.78 is 24.8. The Morgan fingerprint density at radius 2 is 1.94 bits per heavy atom. The lowest BCUT2D eigenvalue weighted by Gasteiger charge is -2.38. The lowest BCUT2D eigenvalue weighted by atomic mass is 9.93. The van der Waals surface area contributed by atoms with E-state index in [4.69, 9.17) is 0 Å². The van der Waals surface area contributed by atoms with Crippen molar-refractivity contribution >= 4 is 0 Å². The van der Waals surface area contributed by atoms with Crippen LogP contribution in [0.15, 0.2) is 0 Å². The van der Waals surface area contributed by atoms with Gasteiger partial charge in [0.05, 0.1) is 0 Å². The lowest BCUT2D eigenvalue weighted by Crippen LogP contribution is -2.44. The van der Waals surface area contributed by atoms with Gasteiger partial charge in [0.15, 0.2) is 0 Å². The first-order valence-corrected chi connectivity index (χ1v) is 6.16. The third kappa shape index (κ3) is 2.72.